The van der Waals surface area contributed by atoms with Crippen molar-refractivity contribution in [2.45, 2.75) is 6.54 Å². The van der Waals surface area contributed by atoms with Gasteiger partial charge in [-0.05, 0) is 36.4 Å². The summed E-state index contributed by atoms with van der Waals surface area (Å²) in [6.07, 6.45) is 0. The van der Waals surface area contributed by atoms with Crippen molar-refractivity contribution < 1.29 is 4.79 Å². The van der Waals surface area contributed by atoms with Gasteiger partial charge in [0.15, 0.2) is 0 Å². The van der Waals surface area contributed by atoms with Crippen molar-refractivity contribution in [1.82, 2.24) is 14.9 Å². The number of carbonyl (C=O) groups is 1. The highest BCUT2D eigenvalue weighted by Crippen LogP contribution is 2.18. The molecule has 138 valence electrons. The van der Waals surface area contributed by atoms with Gasteiger partial charge in [0.05, 0.1) is 17.4 Å². The van der Waals surface area contributed by atoms with Gasteiger partial charge in [-0.25, -0.2) is 4.79 Å². The number of nitrogens with one attached hydrogen (secondary N) is 2. The third kappa shape index (κ3) is 3.61. The van der Waals surface area contributed by atoms with Crippen molar-refractivity contribution in [3.05, 3.63) is 101 Å². The monoisotopic (exact) mass is 370 g/mol. The van der Waals surface area contributed by atoms with Crippen LogP contribution >= 0.6 is 0 Å². The molecule has 28 heavy (non-hydrogen) atoms. The Labute approximate surface area is 161 Å². The van der Waals surface area contributed by atoms with Gasteiger partial charge in [0.1, 0.15) is 5.82 Å². The van der Waals surface area contributed by atoms with Crippen molar-refractivity contribution in [2.75, 3.05) is 5.32 Å². The maximum Gasteiger partial charge on any atom is 0.319 e. The van der Waals surface area contributed by atoms with E-state index in [0.29, 0.717) is 16.9 Å². The number of aromatic nitrogens is 2. The van der Waals surface area contributed by atoms with E-state index < -0.39 is 0 Å². The van der Waals surface area contributed by atoms with E-state index in [4.69, 9.17) is 0 Å². The smallest absolute Gasteiger partial charge is 0.319 e. The Bertz CT molecular complexity index is 1170. The number of hydrogen-bond acceptors (Lipinski definition) is 3. The fourth-order valence-electron chi connectivity index (χ4n) is 3.06. The molecule has 6 heteroatoms. The van der Waals surface area contributed by atoms with Crippen LogP contribution in [-0.4, -0.2) is 15.6 Å². The highest BCUT2D eigenvalue weighted by molar-refractivity contribution is 5.89. The van der Waals surface area contributed by atoms with E-state index in [9.17, 15) is 9.59 Å². The van der Waals surface area contributed by atoms with Crippen LogP contribution in [0.3, 0.4) is 0 Å². The van der Waals surface area contributed by atoms with Gasteiger partial charge >= 0.3 is 6.03 Å². The molecule has 0 saturated carbocycles. The molecule has 0 radical (unpaired) electrons. The zero-order chi connectivity index (χ0) is 19.3. The fraction of sp³-hybridized carbons (Fsp3) is 0.0455. The summed E-state index contributed by atoms with van der Waals surface area (Å²) in [4.78, 5) is 28.9. The summed E-state index contributed by atoms with van der Waals surface area (Å²) < 4.78 is 1.89. The number of carbonyl (C=O) groups excluding carboxylic acids is 1. The fourth-order valence-corrected chi connectivity index (χ4v) is 3.06. The average molecular weight is 370 g/mol. The number of hydrogen-bond donors (Lipinski definition) is 2. The molecule has 0 aliphatic heterocycles. The van der Waals surface area contributed by atoms with Crippen LogP contribution in [0.4, 0.5) is 10.5 Å². The van der Waals surface area contributed by atoms with Gasteiger partial charge in [0, 0.05) is 11.4 Å². The molecular formula is C22H18N4O2. The minimum absolute atomic E-state index is 0.105. The van der Waals surface area contributed by atoms with Crippen LogP contribution < -0.4 is 16.2 Å². The first-order chi connectivity index (χ1) is 13.7. The first-order valence-corrected chi connectivity index (χ1v) is 8.88. The normalized spacial score (nSPS) is 10.6. The molecule has 6 nitrogen and oxygen atoms in total. The van der Waals surface area contributed by atoms with Gasteiger partial charge in [-0.15, -0.1) is 0 Å². The van der Waals surface area contributed by atoms with Gasteiger partial charge in [0.2, 0.25) is 0 Å². The topological polar surface area (TPSA) is 76.0 Å². The SMILES string of the molecule is O=C(NCc1nc(=O)c2ccccc2n1-c1ccccc1)Nc1ccccc1. The van der Waals surface area contributed by atoms with E-state index in [2.05, 4.69) is 15.6 Å². The van der Waals surface area contributed by atoms with Crippen molar-refractivity contribution >= 4 is 22.6 Å². The highest BCUT2D eigenvalue weighted by atomic mass is 16.2. The molecule has 4 rings (SSSR count). The molecule has 0 atom stereocenters. The van der Waals surface area contributed by atoms with E-state index in [1.54, 1.807) is 18.2 Å². The lowest BCUT2D eigenvalue weighted by Gasteiger charge is -2.16. The third-order valence-electron chi connectivity index (χ3n) is 4.32. The average Bonchev–Trinajstić information content (AvgIpc) is 2.74. The molecule has 1 heterocycles. The number of urea groups is 1. The summed E-state index contributed by atoms with van der Waals surface area (Å²) in [5.41, 5.74) is 1.98. The first-order valence-electron chi connectivity index (χ1n) is 8.88. The Hall–Kier alpha value is -3.93. The molecule has 2 N–H and O–H groups in total. The zero-order valence-electron chi connectivity index (χ0n) is 15.0. The summed E-state index contributed by atoms with van der Waals surface area (Å²) in [5.74, 6) is 0.457. The maximum atomic E-state index is 12.5. The van der Waals surface area contributed by atoms with Crippen molar-refractivity contribution in [2.24, 2.45) is 0 Å². The van der Waals surface area contributed by atoms with Gasteiger partial charge in [-0.2, -0.15) is 4.98 Å². The van der Waals surface area contributed by atoms with E-state index in [1.807, 2.05) is 71.3 Å². The predicted octanol–water partition coefficient (Wildman–Crippen LogP) is 3.71. The number of nitrogens with zero attached hydrogens (tertiary/aromatic N) is 2. The summed E-state index contributed by atoms with van der Waals surface area (Å²) in [6, 6.07) is 25.7. The standard InChI is InChI=1S/C22H18N4O2/c27-21-18-13-7-8-14-19(18)26(17-11-5-2-6-12-17)20(25-21)15-23-22(28)24-16-9-3-1-4-10-16/h1-14H,15H2,(H2,23,24,28). The van der Waals surface area contributed by atoms with Crippen LogP contribution in [0.15, 0.2) is 89.7 Å². The van der Waals surface area contributed by atoms with Crippen molar-refractivity contribution in [1.29, 1.82) is 0 Å². The second-order valence-corrected chi connectivity index (χ2v) is 6.19. The van der Waals surface area contributed by atoms with Crippen LogP contribution in [0.2, 0.25) is 0 Å². The number of fused-ring (bicyclic) bond motifs is 1. The number of para-hydroxylation sites is 3. The molecule has 2 amide bonds. The summed E-state index contributed by atoms with van der Waals surface area (Å²) >= 11 is 0. The van der Waals surface area contributed by atoms with Crippen LogP contribution in [-0.2, 0) is 6.54 Å². The predicted molar refractivity (Wildman–Crippen MR) is 110 cm³/mol. The molecule has 0 unspecified atom stereocenters. The molecule has 0 fully saturated rings. The van der Waals surface area contributed by atoms with Crippen LogP contribution in [0.5, 0.6) is 0 Å². The molecule has 0 bridgehead atoms. The van der Waals surface area contributed by atoms with Gasteiger partial charge < -0.3 is 10.6 Å². The molecule has 3 aromatic carbocycles. The molecule has 1 aromatic heterocycles. The largest absolute Gasteiger partial charge is 0.331 e. The number of rotatable bonds is 4. The van der Waals surface area contributed by atoms with Crippen LogP contribution in [0.25, 0.3) is 16.6 Å². The van der Waals surface area contributed by atoms with Gasteiger partial charge in [0.25, 0.3) is 5.56 Å². The first kappa shape index (κ1) is 17.5. The van der Waals surface area contributed by atoms with Crippen molar-refractivity contribution in [3.8, 4) is 5.69 Å². The molecule has 0 aliphatic carbocycles. The molecule has 0 spiro atoms. The Morgan fingerprint density at radius 3 is 2.25 bits per heavy atom. The second-order valence-electron chi connectivity index (χ2n) is 6.19. The zero-order valence-corrected chi connectivity index (χ0v) is 15.0. The lowest BCUT2D eigenvalue weighted by atomic mass is 10.2. The van der Waals surface area contributed by atoms with E-state index in [0.717, 1.165) is 11.2 Å². The lowest BCUT2D eigenvalue weighted by molar-refractivity contribution is 0.251. The molecular weight excluding hydrogens is 352 g/mol. The van der Waals surface area contributed by atoms with E-state index >= 15 is 0 Å². The highest BCUT2D eigenvalue weighted by Gasteiger charge is 2.13. The minimum atomic E-state index is -0.367. The van der Waals surface area contributed by atoms with Crippen molar-refractivity contribution in [3.63, 3.8) is 0 Å². The molecule has 0 saturated heterocycles. The number of amides is 2. The van der Waals surface area contributed by atoms with E-state index in [1.165, 1.54) is 0 Å². The third-order valence-corrected chi connectivity index (χ3v) is 4.32. The Kier molecular flexibility index (Phi) is 4.84. The maximum absolute atomic E-state index is 12.5. The minimum Gasteiger partial charge on any atom is -0.331 e. The Morgan fingerprint density at radius 2 is 1.50 bits per heavy atom. The van der Waals surface area contributed by atoms with Gasteiger partial charge in [-0.1, -0.05) is 48.5 Å². The summed E-state index contributed by atoms with van der Waals surface area (Å²) in [7, 11) is 0. The Balaban J connectivity index is 1.68. The quantitative estimate of drug-likeness (QED) is 0.575. The lowest BCUT2D eigenvalue weighted by Crippen LogP contribution is -2.31. The summed E-state index contributed by atoms with van der Waals surface area (Å²) in [5, 5.41) is 6.07. The van der Waals surface area contributed by atoms with E-state index in [-0.39, 0.29) is 18.1 Å². The Morgan fingerprint density at radius 1 is 0.857 bits per heavy atom. The number of benzene rings is 3. The van der Waals surface area contributed by atoms with Gasteiger partial charge in [-0.3, -0.25) is 9.36 Å². The molecule has 4 aromatic rings. The summed E-state index contributed by atoms with van der Waals surface area (Å²) in [6.45, 7) is 0.105. The van der Waals surface area contributed by atoms with Crippen LogP contribution in [0, 0.1) is 0 Å². The second kappa shape index (κ2) is 7.75. The molecule has 0 aliphatic rings. The van der Waals surface area contributed by atoms with Crippen LogP contribution in [0.1, 0.15) is 5.82 Å². The number of anilines is 1.